The molecule has 80 valence electrons. The fourth-order valence-electron chi connectivity index (χ4n) is 1.05. The van der Waals surface area contributed by atoms with Gasteiger partial charge in [-0.15, -0.1) is 0 Å². The number of nitro benzene ring substituents is 1. The SMILES string of the molecule is COC(=O)Cc1ccc([N+](=O)[O-])c(I)c1. The van der Waals surface area contributed by atoms with Crippen molar-refractivity contribution in [2.24, 2.45) is 0 Å². The zero-order chi connectivity index (χ0) is 11.4. The number of nitrogens with zero attached hydrogens (tertiary/aromatic N) is 1. The standard InChI is InChI=1S/C9H8INO4/c1-15-9(12)5-6-2-3-8(11(13)14)7(10)4-6/h2-4H,5H2,1H3. The predicted molar refractivity (Wildman–Crippen MR) is 61.5 cm³/mol. The average Bonchev–Trinajstić information content (AvgIpc) is 2.17. The highest BCUT2D eigenvalue weighted by molar-refractivity contribution is 14.1. The monoisotopic (exact) mass is 321 g/mol. The van der Waals surface area contributed by atoms with E-state index in [-0.39, 0.29) is 18.1 Å². The van der Waals surface area contributed by atoms with Crippen molar-refractivity contribution in [3.8, 4) is 0 Å². The van der Waals surface area contributed by atoms with Crippen LogP contribution in [0.3, 0.4) is 0 Å². The summed E-state index contributed by atoms with van der Waals surface area (Å²) >= 11 is 1.87. The number of rotatable bonds is 3. The molecule has 5 nitrogen and oxygen atoms in total. The van der Waals surface area contributed by atoms with Crippen molar-refractivity contribution in [3.05, 3.63) is 37.4 Å². The molecule has 15 heavy (non-hydrogen) atoms. The summed E-state index contributed by atoms with van der Waals surface area (Å²) in [6.45, 7) is 0. The molecule has 0 aliphatic rings. The molecular weight excluding hydrogens is 313 g/mol. The van der Waals surface area contributed by atoms with Gasteiger partial charge in [-0.1, -0.05) is 6.07 Å². The van der Waals surface area contributed by atoms with Crippen molar-refractivity contribution in [1.82, 2.24) is 0 Å². The second-order valence-corrected chi connectivity index (χ2v) is 3.96. The number of nitro groups is 1. The smallest absolute Gasteiger partial charge is 0.309 e. The van der Waals surface area contributed by atoms with E-state index in [2.05, 4.69) is 4.74 Å². The zero-order valence-electron chi connectivity index (χ0n) is 7.90. The molecule has 1 aromatic carbocycles. The summed E-state index contributed by atoms with van der Waals surface area (Å²) in [4.78, 5) is 21.0. The molecule has 0 aromatic heterocycles. The number of ether oxygens (including phenoxy) is 1. The maximum absolute atomic E-state index is 11.0. The molecule has 0 heterocycles. The van der Waals surface area contributed by atoms with E-state index in [0.29, 0.717) is 9.13 Å². The molecule has 0 fully saturated rings. The van der Waals surface area contributed by atoms with Crippen LogP contribution in [0.2, 0.25) is 0 Å². The van der Waals surface area contributed by atoms with Gasteiger partial charge in [-0.05, 0) is 34.2 Å². The third-order valence-electron chi connectivity index (χ3n) is 1.78. The van der Waals surface area contributed by atoms with Gasteiger partial charge < -0.3 is 4.74 Å². The van der Waals surface area contributed by atoms with Gasteiger partial charge >= 0.3 is 5.97 Å². The fourth-order valence-corrected chi connectivity index (χ4v) is 1.82. The first kappa shape index (κ1) is 11.9. The van der Waals surface area contributed by atoms with Gasteiger partial charge in [-0.3, -0.25) is 14.9 Å². The summed E-state index contributed by atoms with van der Waals surface area (Å²) in [5.74, 6) is -0.361. The highest BCUT2D eigenvalue weighted by Gasteiger charge is 2.12. The predicted octanol–water partition coefficient (Wildman–Crippen LogP) is 1.91. The topological polar surface area (TPSA) is 69.4 Å². The van der Waals surface area contributed by atoms with Crippen LogP contribution in [0.4, 0.5) is 5.69 Å². The quantitative estimate of drug-likeness (QED) is 0.369. The van der Waals surface area contributed by atoms with Crippen LogP contribution in [-0.2, 0) is 16.0 Å². The normalized spacial score (nSPS) is 9.73. The van der Waals surface area contributed by atoms with Crippen molar-refractivity contribution >= 4 is 34.2 Å². The van der Waals surface area contributed by atoms with Gasteiger partial charge in [0.1, 0.15) is 0 Å². The summed E-state index contributed by atoms with van der Waals surface area (Å²) in [5.41, 5.74) is 0.751. The Balaban J connectivity index is 2.91. The molecule has 0 spiro atoms. The Bertz CT molecular complexity index is 405. The third kappa shape index (κ3) is 3.15. The minimum atomic E-state index is -0.455. The number of hydrogen-bond acceptors (Lipinski definition) is 4. The number of carbonyl (C=O) groups is 1. The van der Waals surface area contributed by atoms with Crippen LogP contribution in [0.5, 0.6) is 0 Å². The Morgan fingerprint density at radius 2 is 2.27 bits per heavy atom. The van der Waals surface area contributed by atoms with Gasteiger partial charge in [0.2, 0.25) is 0 Å². The summed E-state index contributed by atoms with van der Waals surface area (Å²) in [7, 11) is 1.30. The van der Waals surface area contributed by atoms with Gasteiger partial charge in [-0.25, -0.2) is 0 Å². The number of halogens is 1. The lowest BCUT2D eigenvalue weighted by molar-refractivity contribution is -0.385. The van der Waals surface area contributed by atoms with Gasteiger partial charge in [0, 0.05) is 6.07 Å². The number of esters is 1. The van der Waals surface area contributed by atoms with E-state index >= 15 is 0 Å². The number of carbonyl (C=O) groups excluding carboxylic acids is 1. The summed E-state index contributed by atoms with van der Waals surface area (Å²) in [6, 6.07) is 4.55. The van der Waals surface area contributed by atoms with Crippen molar-refractivity contribution in [2.45, 2.75) is 6.42 Å². The molecule has 1 rings (SSSR count). The maximum Gasteiger partial charge on any atom is 0.309 e. The van der Waals surface area contributed by atoms with E-state index in [1.54, 1.807) is 12.1 Å². The van der Waals surface area contributed by atoms with Gasteiger partial charge in [0.25, 0.3) is 5.69 Å². The molecule has 0 saturated carbocycles. The van der Waals surface area contributed by atoms with Crippen LogP contribution < -0.4 is 0 Å². The Labute approximate surface area is 99.7 Å². The highest BCUT2D eigenvalue weighted by Crippen LogP contribution is 2.21. The minimum absolute atomic E-state index is 0.0456. The molecule has 0 unspecified atom stereocenters. The Morgan fingerprint density at radius 3 is 2.73 bits per heavy atom. The first-order chi connectivity index (χ1) is 7.04. The molecule has 0 aliphatic carbocycles. The number of benzene rings is 1. The maximum atomic E-state index is 11.0. The van der Waals surface area contributed by atoms with Crippen molar-refractivity contribution in [1.29, 1.82) is 0 Å². The van der Waals surface area contributed by atoms with Crippen molar-refractivity contribution < 1.29 is 14.5 Å². The van der Waals surface area contributed by atoms with E-state index in [9.17, 15) is 14.9 Å². The fraction of sp³-hybridized carbons (Fsp3) is 0.222. The summed E-state index contributed by atoms with van der Waals surface area (Å²) < 4.78 is 5.01. The van der Waals surface area contributed by atoms with Crippen LogP contribution in [0.1, 0.15) is 5.56 Å². The first-order valence-electron chi connectivity index (χ1n) is 4.04. The lowest BCUT2D eigenvalue weighted by Crippen LogP contribution is -2.05. The second-order valence-electron chi connectivity index (χ2n) is 2.80. The van der Waals surface area contributed by atoms with Gasteiger partial charge in [0.05, 0.1) is 22.0 Å². The zero-order valence-corrected chi connectivity index (χ0v) is 10.1. The largest absolute Gasteiger partial charge is 0.469 e. The third-order valence-corrected chi connectivity index (χ3v) is 2.65. The second kappa shape index (κ2) is 5.06. The van der Waals surface area contributed by atoms with E-state index < -0.39 is 4.92 Å². The molecule has 0 bridgehead atoms. The number of methoxy groups -OCH3 is 1. The van der Waals surface area contributed by atoms with E-state index in [0.717, 1.165) is 0 Å². The summed E-state index contributed by atoms with van der Waals surface area (Å²) in [6.07, 6.45) is 0.129. The lowest BCUT2D eigenvalue weighted by Gasteiger charge is -2.01. The number of hydrogen-bond donors (Lipinski definition) is 0. The van der Waals surface area contributed by atoms with E-state index in [4.69, 9.17) is 0 Å². The molecule has 0 aliphatic heterocycles. The lowest BCUT2D eigenvalue weighted by atomic mass is 10.1. The molecule has 0 amide bonds. The summed E-state index contributed by atoms with van der Waals surface area (Å²) in [5, 5.41) is 10.5. The Morgan fingerprint density at radius 1 is 1.60 bits per heavy atom. The van der Waals surface area contributed by atoms with E-state index in [1.165, 1.54) is 13.2 Å². The van der Waals surface area contributed by atoms with Crippen molar-refractivity contribution in [3.63, 3.8) is 0 Å². The molecule has 1 aromatic rings. The Kier molecular flexibility index (Phi) is 4.01. The molecule has 0 N–H and O–H groups in total. The van der Waals surface area contributed by atoms with Gasteiger partial charge in [0.15, 0.2) is 0 Å². The minimum Gasteiger partial charge on any atom is -0.469 e. The molecular formula is C9H8INO4. The van der Waals surface area contributed by atoms with Crippen LogP contribution >= 0.6 is 22.6 Å². The highest BCUT2D eigenvalue weighted by atomic mass is 127. The molecule has 0 saturated heterocycles. The van der Waals surface area contributed by atoms with Crippen LogP contribution in [0.25, 0.3) is 0 Å². The van der Waals surface area contributed by atoms with Gasteiger partial charge in [-0.2, -0.15) is 0 Å². The Hall–Kier alpha value is -1.18. The molecule has 6 heteroatoms. The van der Waals surface area contributed by atoms with Crippen LogP contribution in [-0.4, -0.2) is 18.0 Å². The van der Waals surface area contributed by atoms with Crippen molar-refractivity contribution in [2.75, 3.05) is 7.11 Å². The average molecular weight is 321 g/mol. The first-order valence-corrected chi connectivity index (χ1v) is 5.12. The molecule has 0 radical (unpaired) electrons. The van der Waals surface area contributed by atoms with Crippen LogP contribution in [0, 0.1) is 13.7 Å². The van der Waals surface area contributed by atoms with Crippen LogP contribution in [0.15, 0.2) is 18.2 Å². The molecule has 0 atom stereocenters. The van der Waals surface area contributed by atoms with E-state index in [1.807, 2.05) is 22.6 Å².